The van der Waals surface area contributed by atoms with Crippen molar-refractivity contribution in [2.45, 2.75) is 56.9 Å². The van der Waals surface area contributed by atoms with Crippen molar-refractivity contribution in [2.75, 3.05) is 6.61 Å². The third-order valence-corrected chi connectivity index (χ3v) is 3.91. The summed E-state index contributed by atoms with van der Waals surface area (Å²) in [6.45, 7) is 2.11. The minimum Gasteiger partial charge on any atom is -0.394 e. The van der Waals surface area contributed by atoms with Gasteiger partial charge in [0, 0.05) is 18.8 Å². The van der Waals surface area contributed by atoms with E-state index in [1.807, 2.05) is 0 Å². The number of fused-ring (bicyclic) bond motifs is 1. The zero-order valence-corrected chi connectivity index (χ0v) is 9.02. The van der Waals surface area contributed by atoms with Gasteiger partial charge in [-0.15, -0.1) is 0 Å². The average molecular weight is 214 g/mol. The maximum atomic E-state index is 9.11. The van der Waals surface area contributed by atoms with Crippen molar-refractivity contribution >= 4 is 0 Å². The molecule has 1 aliphatic carbocycles. The van der Waals surface area contributed by atoms with Crippen molar-refractivity contribution in [3.63, 3.8) is 0 Å². The summed E-state index contributed by atoms with van der Waals surface area (Å²) in [6, 6.07) is 0. The zero-order chi connectivity index (χ0) is 10.5. The second-order valence-corrected chi connectivity index (χ2v) is 4.90. The molecule has 4 heteroatoms. The molecule has 3 fully saturated rings. The number of hydrogen-bond acceptors (Lipinski definition) is 4. The van der Waals surface area contributed by atoms with Crippen LogP contribution >= 0.6 is 0 Å². The summed E-state index contributed by atoms with van der Waals surface area (Å²) in [5.74, 6) is -0.135. The van der Waals surface area contributed by atoms with E-state index in [-0.39, 0.29) is 36.8 Å². The van der Waals surface area contributed by atoms with E-state index < -0.39 is 0 Å². The van der Waals surface area contributed by atoms with Gasteiger partial charge in [0.15, 0.2) is 12.1 Å². The standard InChI is InChI=1S/C11H18O4/c1-7-8(6-12)13-10-9(7)14-11(15-10)4-2-3-5-11/h7-10,12H,2-6H2,1H3/t7-,8+,9+,10+/m0/s1. The van der Waals surface area contributed by atoms with E-state index in [0.29, 0.717) is 0 Å². The third-order valence-electron chi connectivity index (χ3n) is 3.91. The summed E-state index contributed by atoms with van der Waals surface area (Å²) in [7, 11) is 0. The van der Waals surface area contributed by atoms with Crippen LogP contribution in [0.2, 0.25) is 0 Å². The number of aliphatic hydroxyl groups excluding tert-OH is 1. The van der Waals surface area contributed by atoms with Gasteiger partial charge < -0.3 is 19.3 Å². The van der Waals surface area contributed by atoms with E-state index >= 15 is 0 Å². The monoisotopic (exact) mass is 214 g/mol. The van der Waals surface area contributed by atoms with Crippen LogP contribution in [0.1, 0.15) is 32.6 Å². The smallest absolute Gasteiger partial charge is 0.187 e. The molecule has 86 valence electrons. The highest BCUT2D eigenvalue weighted by molar-refractivity contribution is 4.94. The lowest BCUT2D eigenvalue weighted by Crippen LogP contribution is -2.32. The van der Waals surface area contributed by atoms with Crippen molar-refractivity contribution in [3.05, 3.63) is 0 Å². The first-order valence-electron chi connectivity index (χ1n) is 5.86. The van der Waals surface area contributed by atoms with Crippen molar-refractivity contribution in [3.8, 4) is 0 Å². The molecule has 1 saturated carbocycles. The second-order valence-electron chi connectivity index (χ2n) is 4.90. The predicted molar refractivity (Wildman–Crippen MR) is 52.1 cm³/mol. The molecule has 3 rings (SSSR count). The van der Waals surface area contributed by atoms with Gasteiger partial charge in [-0.05, 0) is 12.8 Å². The quantitative estimate of drug-likeness (QED) is 0.708. The first-order valence-corrected chi connectivity index (χ1v) is 5.86. The molecular formula is C11H18O4. The predicted octanol–water partition coefficient (Wildman–Crippen LogP) is 1.03. The van der Waals surface area contributed by atoms with E-state index in [0.717, 1.165) is 12.8 Å². The summed E-state index contributed by atoms with van der Waals surface area (Å²) in [4.78, 5) is 0. The van der Waals surface area contributed by atoms with Crippen molar-refractivity contribution in [1.82, 2.24) is 0 Å². The van der Waals surface area contributed by atoms with Crippen LogP contribution in [0.25, 0.3) is 0 Å². The van der Waals surface area contributed by atoms with Crippen LogP contribution in [0.5, 0.6) is 0 Å². The van der Waals surface area contributed by atoms with Gasteiger partial charge in [-0.25, -0.2) is 0 Å². The lowest BCUT2D eigenvalue weighted by atomic mass is 10.0. The number of hydrogen-bond donors (Lipinski definition) is 1. The molecule has 0 amide bonds. The Balaban J connectivity index is 1.73. The van der Waals surface area contributed by atoms with Gasteiger partial charge in [-0.3, -0.25) is 0 Å². The Morgan fingerprint density at radius 1 is 1.27 bits per heavy atom. The van der Waals surface area contributed by atoms with Crippen molar-refractivity contribution < 1.29 is 19.3 Å². The maximum absolute atomic E-state index is 9.11. The Kier molecular flexibility index (Phi) is 2.28. The normalized spacial score (nSPS) is 47.6. The summed E-state index contributed by atoms with van der Waals surface area (Å²) < 4.78 is 17.5. The van der Waals surface area contributed by atoms with Gasteiger partial charge in [0.05, 0.1) is 12.7 Å². The Bertz CT molecular complexity index is 249. The molecule has 3 aliphatic rings. The van der Waals surface area contributed by atoms with Crippen LogP contribution in [0, 0.1) is 5.92 Å². The molecule has 2 saturated heterocycles. The van der Waals surface area contributed by atoms with Gasteiger partial charge in [-0.1, -0.05) is 6.92 Å². The Morgan fingerprint density at radius 2 is 2.00 bits per heavy atom. The van der Waals surface area contributed by atoms with E-state index in [4.69, 9.17) is 19.3 Å². The topological polar surface area (TPSA) is 47.9 Å². The van der Waals surface area contributed by atoms with Crippen LogP contribution in [0.4, 0.5) is 0 Å². The molecule has 2 aliphatic heterocycles. The molecule has 0 unspecified atom stereocenters. The zero-order valence-electron chi connectivity index (χ0n) is 9.02. The molecule has 1 N–H and O–H groups in total. The maximum Gasteiger partial charge on any atom is 0.187 e. The Morgan fingerprint density at radius 3 is 2.60 bits per heavy atom. The Labute approximate surface area is 89.5 Å². The van der Waals surface area contributed by atoms with Crippen molar-refractivity contribution in [2.24, 2.45) is 5.92 Å². The molecule has 0 aromatic rings. The lowest BCUT2D eigenvalue weighted by molar-refractivity contribution is -0.227. The van der Waals surface area contributed by atoms with Gasteiger partial charge in [-0.2, -0.15) is 0 Å². The molecular weight excluding hydrogens is 196 g/mol. The van der Waals surface area contributed by atoms with E-state index in [2.05, 4.69) is 6.92 Å². The average Bonchev–Trinajstić information content (AvgIpc) is 2.88. The Hall–Kier alpha value is -0.160. The molecule has 0 radical (unpaired) electrons. The molecule has 4 nitrogen and oxygen atoms in total. The highest BCUT2D eigenvalue weighted by Crippen LogP contribution is 2.47. The van der Waals surface area contributed by atoms with Crippen LogP contribution < -0.4 is 0 Å². The summed E-state index contributed by atoms with van der Waals surface area (Å²) >= 11 is 0. The fourth-order valence-electron chi connectivity index (χ4n) is 2.94. The van der Waals surface area contributed by atoms with Crippen LogP contribution in [0.3, 0.4) is 0 Å². The molecule has 2 heterocycles. The molecule has 4 atom stereocenters. The van der Waals surface area contributed by atoms with Gasteiger partial charge in [0.2, 0.25) is 0 Å². The largest absolute Gasteiger partial charge is 0.394 e. The minimum absolute atomic E-state index is 0.0141. The minimum atomic E-state index is -0.357. The molecule has 0 bridgehead atoms. The first-order chi connectivity index (χ1) is 7.24. The second kappa shape index (κ2) is 3.42. The summed E-state index contributed by atoms with van der Waals surface area (Å²) in [6.07, 6.45) is 3.96. The molecule has 1 spiro atoms. The van der Waals surface area contributed by atoms with Gasteiger partial charge in [0.25, 0.3) is 0 Å². The highest BCUT2D eigenvalue weighted by atomic mass is 16.8. The van der Waals surface area contributed by atoms with E-state index in [1.165, 1.54) is 12.8 Å². The van der Waals surface area contributed by atoms with Gasteiger partial charge in [0.1, 0.15) is 6.10 Å². The number of ether oxygens (including phenoxy) is 3. The molecule has 0 aromatic carbocycles. The highest BCUT2D eigenvalue weighted by Gasteiger charge is 2.56. The first kappa shape index (κ1) is 10.0. The summed E-state index contributed by atoms with van der Waals surface area (Å²) in [5, 5.41) is 9.11. The number of rotatable bonds is 1. The third kappa shape index (κ3) is 1.43. The van der Waals surface area contributed by atoms with Crippen LogP contribution in [-0.2, 0) is 14.2 Å². The SMILES string of the molecule is C[C@@H]1[C@H]2OC3(CCCC3)O[C@H]2O[C@@H]1CO. The van der Waals surface area contributed by atoms with Crippen LogP contribution in [-0.4, -0.2) is 36.0 Å². The van der Waals surface area contributed by atoms with Crippen LogP contribution in [0.15, 0.2) is 0 Å². The van der Waals surface area contributed by atoms with E-state index in [9.17, 15) is 0 Å². The molecule has 15 heavy (non-hydrogen) atoms. The fourth-order valence-corrected chi connectivity index (χ4v) is 2.94. The van der Waals surface area contributed by atoms with Gasteiger partial charge >= 0.3 is 0 Å². The fraction of sp³-hybridized carbons (Fsp3) is 1.00. The van der Waals surface area contributed by atoms with E-state index in [1.54, 1.807) is 0 Å². The lowest BCUT2D eigenvalue weighted by Gasteiger charge is -2.25. The summed E-state index contributed by atoms with van der Waals surface area (Å²) in [5.41, 5.74) is 0. The van der Waals surface area contributed by atoms with Crippen molar-refractivity contribution in [1.29, 1.82) is 0 Å². The molecule has 0 aromatic heterocycles. The number of aliphatic hydroxyl groups is 1.